The molecule has 0 unspecified atom stereocenters. The molecule has 2 aromatic rings. The summed E-state index contributed by atoms with van der Waals surface area (Å²) in [5.41, 5.74) is 1.88. The van der Waals surface area contributed by atoms with Crippen LogP contribution in [0, 0.1) is 0 Å². The number of aromatic nitrogens is 2. The Hall–Kier alpha value is -2.00. The van der Waals surface area contributed by atoms with Crippen molar-refractivity contribution >= 4 is 6.08 Å². The first-order valence-electron chi connectivity index (χ1n) is 5.05. The molecule has 0 amide bonds. The lowest BCUT2D eigenvalue weighted by Crippen LogP contribution is -1.88. The van der Waals surface area contributed by atoms with Crippen LogP contribution in [0.15, 0.2) is 48.8 Å². The molecule has 0 aliphatic rings. The van der Waals surface area contributed by atoms with E-state index < -0.39 is 0 Å². The minimum absolute atomic E-state index is 0.0282. The maximum absolute atomic E-state index is 8.63. The van der Waals surface area contributed by atoms with E-state index >= 15 is 0 Å². The van der Waals surface area contributed by atoms with Crippen molar-refractivity contribution in [2.45, 2.75) is 0 Å². The molecule has 0 saturated heterocycles. The molecular weight excluding hydrogens is 200 g/mol. The minimum Gasteiger partial charge on any atom is -0.392 e. The molecule has 0 radical (unpaired) electrons. The second-order valence-corrected chi connectivity index (χ2v) is 3.29. The lowest BCUT2D eigenvalue weighted by Gasteiger charge is -1.99. The number of hydrogen-bond acceptors (Lipinski definition) is 3. The van der Waals surface area contributed by atoms with Crippen molar-refractivity contribution in [3.05, 3.63) is 54.4 Å². The van der Waals surface area contributed by atoms with Crippen molar-refractivity contribution < 1.29 is 5.11 Å². The highest BCUT2D eigenvalue weighted by Crippen LogP contribution is 2.13. The Morgan fingerprint density at radius 2 is 1.75 bits per heavy atom. The van der Waals surface area contributed by atoms with E-state index in [2.05, 4.69) is 9.97 Å². The average Bonchev–Trinajstić information content (AvgIpc) is 2.38. The van der Waals surface area contributed by atoms with E-state index in [1.165, 1.54) is 0 Å². The van der Waals surface area contributed by atoms with Crippen LogP contribution >= 0.6 is 0 Å². The Balaban J connectivity index is 2.23. The van der Waals surface area contributed by atoms with Gasteiger partial charge >= 0.3 is 0 Å². The predicted molar refractivity (Wildman–Crippen MR) is 63.6 cm³/mol. The van der Waals surface area contributed by atoms with E-state index in [-0.39, 0.29) is 6.61 Å². The molecule has 0 fully saturated rings. The van der Waals surface area contributed by atoms with Crippen molar-refractivity contribution in [2.24, 2.45) is 0 Å². The molecule has 0 atom stereocenters. The molecule has 1 N–H and O–H groups in total. The summed E-state index contributed by atoms with van der Waals surface area (Å²) in [4.78, 5) is 8.52. The first-order chi connectivity index (χ1) is 7.90. The van der Waals surface area contributed by atoms with Gasteiger partial charge < -0.3 is 5.11 Å². The molecule has 0 aliphatic carbocycles. The highest BCUT2D eigenvalue weighted by atomic mass is 16.2. The van der Waals surface area contributed by atoms with Gasteiger partial charge in [-0.25, -0.2) is 9.97 Å². The zero-order valence-electron chi connectivity index (χ0n) is 8.74. The Bertz CT molecular complexity index is 463. The van der Waals surface area contributed by atoms with Crippen LogP contribution < -0.4 is 0 Å². The third-order valence-corrected chi connectivity index (χ3v) is 2.12. The van der Waals surface area contributed by atoms with Crippen molar-refractivity contribution in [3.63, 3.8) is 0 Å². The minimum atomic E-state index is 0.0282. The highest BCUT2D eigenvalue weighted by Gasteiger charge is 1.98. The van der Waals surface area contributed by atoms with Gasteiger partial charge in [-0.05, 0) is 0 Å². The summed E-state index contributed by atoms with van der Waals surface area (Å²) < 4.78 is 0. The zero-order valence-corrected chi connectivity index (χ0v) is 8.74. The van der Waals surface area contributed by atoms with Crippen molar-refractivity contribution in [1.29, 1.82) is 0 Å². The van der Waals surface area contributed by atoms with Crippen LogP contribution in [0.5, 0.6) is 0 Å². The van der Waals surface area contributed by atoms with Crippen LogP contribution in [0.1, 0.15) is 5.56 Å². The number of rotatable bonds is 3. The molecular formula is C13H12N2O. The summed E-state index contributed by atoms with van der Waals surface area (Å²) in [5, 5.41) is 8.63. The van der Waals surface area contributed by atoms with Gasteiger partial charge in [-0.2, -0.15) is 0 Å². The van der Waals surface area contributed by atoms with Gasteiger partial charge in [-0.3, -0.25) is 0 Å². The number of aliphatic hydroxyl groups is 1. The molecule has 2 rings (SSSR count). The first-order valence-corrected chi connectivity index (χ1v) is 5.05. The van der Waals surface area contributed by atoms with Gasteiger partial charge in [0.1, 0.15) is 0 Å². The van der Waals surface area contributed by atoms with Gasteiger partial charge in [0.05, 0.1) is 6.61 Å². The molecule has 80 valence electrons. The fourth-order valence-corrected chi connectivity index (χ4v) is 1.35. The van der Waals surface area contributed by atoms with E-state index in [9.17, 15) is 0 Å². The fraction of sp³-hybridized carbons (Fsp3) is 0.0769. The largest absolute Gasteiger partial charge is 0.392 e. The predicted octanol–water partition coefficient (Wildman–Crippen LogP) is 2.15. The summed E-state index contributed by atoms with van der Waals surface area (Å²) >= 11 is 0. The standard InChI is InChI=1S/C13H12N2O/c16-8-4-5-11-9-14-13(15-10-11)12-6-2-1-3-7-12/h1-7,9-10,16H,8H2/b5-4+. The maximum atomic E-state index is 8.63. The lowest BCUT2D eigenvalue weighted by molar-refractivity contribution is 0.343. The average molecular weight is 212 g/mol. The van der Waals surface area contributed by atoms with Gasteiger partial charge in [0.15, 0.2) is 5.82 Å². The summed E-state index contributed by atoms with van der Waals surface area (Å²) in [7, 11) is 0. The van der Waals surface area contributed by atoms with Crippen LogP contribution in [-0.4, -0.2) is 21.7 Å². The molecule has 16 heavy (non-hydrogen) atoms. The lowest BCUT2D eigenvalue weighted by atomic mass is 10.2. The maximum Gasteiger partial charge on any atom is 0.159 e. The smallest absolute Gasteiger partial charge is 0.159 e. The van der Waals surface area contributed by atoms with Gasteiger partial charge in [-0.1, -0.05) is 42.5 Å². The third-order valence-electron chi connectivity index (χ3n) is 2.12. The quantitative estimate of drug-likeness (QED) is 0.847. The Kier molecular flexibility index (Phi) is 3.41. The molecule has 1 heterocycles. The van der Waals surface area contributed by atoms with Gasteiger partial charge in [0.2, 0.25) is 0 Å². The van der Waals surface area contributed by atoms with Crippen LogP contribution in [0.2, 0.25) is 0 Å². The van der Waals surface area contributed by atoms with Crippen LogP contribution in [0.25, 0.3) is 17.5 Å². The molecule has 3 heteroatoms. The monoisotopic (exact) mass is 212 g/mol. The van der Waals surface area contributed by atoms with E-state index in [4.69, 9.17) is 5.11 Å². The number of nitrogens with zero attached hydrogens (tertiary/aromatic N) is 2. The van der Waals surface area contributed by atoms with E-state index in [0.29, 0.717) is 5.82 Å². The summed E-state index contributed by atoms with van der Waals surface area (Å²) in [6, 6.07) is 9.82. The van der Waals surface area contributed by atoms with Gasteiger partial charge in [-0.15, -0.1) is 0 Å². The molecule has 0 saturated carbocycles. The second-order valence-electron chi connectivity index (χ2n) is 3.29. The van der Waals surface area contributed by atoms with E-state index in [1.807, 2.05) is 30.3 Å². The van der Waals surface area contributed by atoms with Crippen molar-refractivity contribution in [2.75, 3.05) is 6.61 Å². The second kappa shape index (κ2) is 5.19. The zero-order chi connectivity index (χ0) is 11.2. The van der Waals surface area contributed by atoms with Gasteiger partial charge in [0, 0.05) is 23.5 Å². The molecule has 0 bridgehead atoms. The topological polar surface area (TPSA) is 46.0 Å². The van der Waals surface area contributed by atoms with Crippen LogP contribution in [0.3, 0.4) is 0 Å². The fourth-order valence-electron chi connectivity index (χ4n) is 1.35. The first kappa shape index (κ1) is 10.5. The van der Waals surface area contributed by atoms with Crippen molar-refractivity contribution in [3.8, 4) is 11.4 Å². The summed E-state index contributed by atoms with van der Waals surface area (Å²) in [6.07, 6.45) is 6.92. The third kappa shape index (κ3) is 2.52. The molecule has 3 nitrogen and oxygen atoms in total. The Morgan fingerprint density at radius 1 is 1.06 bits per heavy atom. The van der Waals surface area contributed by atoms with Crippen molar-refractivity contribution in [1.82, 2.24) is 9.97 Å². The molecule has 0 aliphatic heterocycles. The summed E-state index contributed by atoms with van der Waals surface area (Å²) in [6.45, 7) is 0.0282. The SMILES string of the molecule is OC/C=C/c1cnc(-c2ccccc2)nc1. The number of aliphatic hydroxyl groups excluding tert-OH is 1. The molecule has 1 aromatic carbocycles. The Morgan fingerprint density at radius 3 is 2.38 bits per heavy atom. The number of benzene rings is 1. The van der Waals surface area contributed by atoms with E-state index in [0.717, 1.165) is 11.1 Å². The van der Waals surface area contributed by atoms with Gasteiger partial charge in [0.25, 0.3) is 0 Å². The Labute approximate surface area is 94.1 Å². The van der Waals surface area contributed by atoms with Crippen LogP contribution in [-0.2, 0) is 0 Å². The van der Waals surface area contributed by atoms with E-state index in [1.54, 1.807) is 24.5 Å². The normalized spacial score (nSPS) is 10.8. The summed E-state index contributed by atoms with van der Waals surface area (Å²) in [5.74, 6) is 0.710. The highest BCUT2D eigenvalue weighted by molar-refractivity contribution is 5.56. The van der Waals surface area contributed by atoms with Crippen LogP contribution in [0.4, 0.5) is 0 Å². The number of hydrogen-bond donors (Lipinski definition) is 1. The molecule has 0 spiro atoms. The molecule has 1 aromatic heterocycles.